The zero-order chi connectivity index (χ0) is 11.1. The molecular weight excluding hydrogens is 192 g/mol. The minimum Gasteiger partial charge on any atom is -0.285 e. The van der Waals surface area contributed by atoms with Crippen LogP contribution in [-0.4, -0.2) is 20.8 Å². The lowest BCUT2D eigenvalue weighted by Gasteiger charge is -2.13. The molecule has 3 rings (SSSR count). The van der Waals surface area contributed by atoms with Gasteiger partial charge in [-0.05, 0) is 18.2 Å². The SMILES string of the molecule is [3H]c1cncc(N2Cc3ccnn3C2=O)c1. The van der Waals surface area contributed by atoms with Crippen molar-refractivity contribution in [2.24, 2.45) is 0 Å². The highest BCUT2D eigenvalue weighted by Gasteiger charge is 2.28. The highest BCUT2D eigenvalue weighted by Crippen LogP contribution is 2.22. The van der Waals surface area contributed by atoms with Crippen LogP contribution >= 0.6 is 0 Å². The van der Waals surface area contributed by atoms with Crippen molar-refractivity contribution in [3.05, 3.63) is 42.5 Å². The van der Waals surface area contributed by atoms with E-state index in [-0.39, 0.29) is 12.1 Å². The van der Waals surface area contributed by atoms with Crippen LogP contribution < -0.4 is 4.90 Å². The largest absolute Gasteiger partial charge is 0.349 e. The molecule has 74 valence electrons. The molecule has 5 heteroatoms. The zero-order valence-electron chi connectivity index (χ0n) is 8.79. The van der Waals surface area contributed by atoms with Gasteiger partial charge in [0.15, 0.2) is 0 Å². The van der Waals surface area contributed by atoms with Crippen molar-refractivity contribution in [1.29, 1.82) is 0 Å². The first-order chi connectivity index (χ1) is 7.75. The van der Waals surface area contributed by atoms with E-state index in [0.717, 1.165) is 5.69 Å². The van der Waals surface area contributed by atoms with E-state index in [1.165, 1.54) is 10.9 Å². The molecule has 0 radical (unpaired) electrons. The molecule has 5 nitrogen and oxygen atoms in total. The van der Waals surface area contributed by atoms with Crippen LogP contribution in [0.25, 0.3) is 0 Å². The fourth-order valence-electron chi connectivity index (χ4n) is 1.63. The average molecular weight is 202 g/mol. The molecule has 0 aliphatic carbocycles. The summed E-state index contributed by atoms with van der Waals surface area (Å²) < 4.78 is 8.82. The van der Waals surface area contributed by atoms with Crippen molar-refractivity contribution in [2.75, 3.05) is 4.90 Å². The van der Waals surface area contributed by atoms with E-state index in [2.05, 4.69) is 10.1 Å². The molecule has 0 N–H and O–H groups in total. The summed E-state index contributed by atoms with van der Waals surface area (Å²) in [6.07, 6.45) is 4.61. The van der Waals surface area contributed by atoms with Crippen molar-refractivity contribution < 1.29 is 6.17 Å². The number of carbonyl (C=O) groups is 1. The Morgan fingerprint density at radius 2 is 2.33 bits per heavy atom. The number of anilines is 1. The molecule has 0 bridgehead atoms. The predicted molar refractivity (Wildman–Crippen MR) is 53.4 cm³/mol. The van der Waals surface area contributed by atoms with Crippen LogP contribution in [0.1, 0.15) is 7.06 Å². The number of aromatic nitrogens is 3. The Bertz CT molecular complexity index is 565. The fourth-order valence-corrected chi connectivity index (χ4v) is 1.63. The van der Waals surface area contributed by atoms with Gasteiger partial charge in [-0.25, -0.2) is 4.79 Å². The molecule has 0 spiro atoms. The van der Waals surface area contributed by atoms with E-state index in [1.54, 1.807) is 29.4 Å². The van der Waals surface area contributed by atoms with Gasteiger partial charge in [0, 0.05) is 12.4 Å². The van der Waals surface area contributed by atoms with Crippen LogP contribution in [0.4, 0.5) is 10.5 Å². The number of carbonyl (C=O) groups excluding carboxylic acids is 1. The third-order valence-corrected chi connectivity index (χ3v) is 2.35. The van der Waals surface area contributed by atoms with E-state index >= 15 is 0 Å². The Kier molecular flexibility index (Phi) is 1.39. The number of pyridine rings is 1. The molecule has 0 saturated heterocycles. The van der Waals surface area contributed by atoms with Gasteiger partial charge >= 0.3 is 6.03 Å². The van der Waals surface area contributed by atoms with Crippen LogP contribution in [-0.2, 0) is 6.54 Å². The molecular formula is C10H8N4O. The van der Waals surface area contributed by atoms with Gasteiger partial charge in [-0.2, -0.15) is 9.78 Å². The van der Waals surface area contributed by atoms with Gasteiger partial charge in [0.05, 0.1) is 25.5 Å². The van der Waals surface area contributed by atoms with Gasteiger partial charge in [0.1, 0.15) is 0 Å². The Hall–Kier alpha value is -2.17. The maximum absolute atomic E-state index is 11.9. The second-order valence-electron chi connectivity index (χ2n) is 3.25. The molecule has 0 saturated carbocycles. The topological polar surface area (TPSA) is 51.0 Å². The smallest absolute Gasteiger partial charge is 0.285 e. The van der Waals surface area contributed by atoms with Gasteiger partial charge in [-0.15, -0.1) is 0 Å². The standard InChI is InChI=1S/C10H8N4O/c15-10-13(8-2-1-4-11-6-8)7-9-3-5-12-14(9)10/h1-6H,7H2/i1T. The average Bonchev–Trinajstić information content (AvgIpc) is 2.82. The Morgan fingerprint density at radius 3 is 3.13 bits per heavy atom. The van der Waals surface area contributed by atoms with Crippen LogP contribution in [0.15, 0.2) is 36.8 Å². The molecule has 15 heavy (non-hydrogen) atoms. The number of fused-ring (bicyclic) bond motifs is 1. The summed E-state index contributed by atoms with van der Waals surface area (Å²) in [5, 5.41) is 3.93. The molecule has 0 aromatic carbocycles. The van der Waals surface area contributed by atoms with Gasteiger partial charge in [-0.3, -0.25) is 9.88 Å². The Balaban J connectivity index is 2.00. The maximum Gasteiger partial charge on any atom is 0.349 e. The normalized spacial score (nSPS) is 15.3. The Labute approximate surface area is 87.4 Å². The predicted octanol–water partition coefficient (Wildman–Crippen LogP) is 1.27. The summed E-state index contributed by atoms with van der Waals surface area (Å²) in [5.41, 5.74) is 1.48. The molecule has 1 aliphatic rings. The minimum absolute atomic E-state index is 0.201. The second-order valence-corrected chi connectivity index (χ2v) is 3.25. The molecule has 3 heterocycles. The lowest BCUT2D eigenvalue weighted by molar-refractivity contribution is 0.248. The first-order valence-electron chi connectivity index (χ1n) is 5.02. The molecule has 1 aliphatic heterocycles. The second kappa shape index (κ2) is 2.91. The van der Waals surface area contributed by atoms with E-state index in [1.807, 2.05) is 0 Å². The molecule has 0 atom stereocenters. The number of amides is 1. The van der Waals surface area contributed by atoms with Crippen LogP contribution in [0.5, 0.6) is 0 Å². The van der Waals surface area contributed by atoms with Crippen molar-refractivity contribution in [2.45, 2.75) is 6.54 Å². The number of rotatable bonds is 1. The van der Waals surface area contributed by atoms with Gasteiger partial charge < -0.3 is 0 Å². The fraction of sp³-hybridized carbons (Fsp3) is 0.100. The number of hydrogen-bond donors (Lipinski definition) is 0. The van der Waals surface area contributed by atoms with Crippen molar-refractivity contribution in [3.63, 3.8) is 0 Å². The molecule has 2 aromatic heterocycles. The van der Waals surface area contributed by atoms with Gasteiger partial charge in [0.2, 0.25) is 0 Å². The third-order valence-electron chi connectivity index (χ3n) is 2.35. The lowest BCUT2D eigenvalue weighted by atomic mass is 10.3. The first kappa shape index (κ1) is 7.17. The lowest BCUT2D eigenvalue weighted by Crippen LogP contribution is -2.26. The number of hydrogen-bond acceptors (Lipinski definition) is 3. The van der Waals surface area contributed by atoms with E-state index < -0.39 is 0 Å². The van der Waals surface area contributed by atoms with E-state index in [9.17, 15) is 4.79 Å². The first-order valence-corrected chi connectivity index (χ1v) is 4.52. The van der Waals surface area contributed by atoms with Crippen molar-refractivity contribution in [1.82, 2.24) is 14.8 Å². The number of nitrogens with zero attached hydrogens (tertiary/aromatic N) is 4. The summed E-state index contributed by atoms with van der Waals surface area (Å²) >= 11 is 0. The summed E-state index contributed by atoms with van der Waals surface area (Å²) in [7, 11) is 0. The highest BCUT2D eigenvalue weighted by atomic mass is 16.2. The monoisotopic (exact) mass is 202 g/mol. The van der Waals surface area contributed by atoms with E-state index in [4.69, 9.17) is 1.37 Å². The van der Waals surface area contributed by atoms with Crippen LogP contribution in [0.3, 0.4) is 0 Å². The molecule has 0 unspecified atom stereocenters. The Morgan fingerprint density at radius 1 is 1.40 bits per heavy atom. The minimum atomic E-state index is -0.201. The summed E-state index contributed by atoms with van der Waals surface area (Å²) in [4.78, 5) is 17.4. The molecule has 1 amide bonds. The van der Waals surface area contributed by atoms with Crippen molar-refractivity contribution >= 4 is 11.7 Å². The third kappa shape index (κ3) is 1.13. The summed E-state index contributed by atoms with van der Waals surface area (Å²) in [5.74, 6) is 0. The van der Waals surface area contributed by atoms with E-state index in [0.29, 0.717) is 12.2 Å². The summed E-state index contributed by atoms with van der Waals surface area (Å²) in [6, 6.07) is 3.50. The van der Waals surface area contributed by atoms with Gasteiger partial charge in [0.25, 0.3) is 0 Å². The van der Waals surface area contributed by atoms with Crippen LogP contribution in [0, 0.1) is 0 Å². The van der Waals surface area contributed by atoms with Gasteiger partial charge in [-0.1, -0.05) is 0 Å². The quantitative estimate of drug-likeness (QED) is 0.699. The molecule has 0 fully saturated rings. The van der Waals surface area contributed by atoms with Crippen molar-refractivity contribution in [3.8, 4) is 0 Å². The van der Waals surface area contributed by atoms with Crippen LogP contribution in [0.2, 0.25) is 0 Å². The maximum atomic E-state index is 11.9. The highest BCUT2D eigenvalue weighted by molar-refractivity contribution is 5.95. The zero-order valence-corrected chi connectivity index (χ0v) is 7.79. The molecule has 2 aromatic rings. The summed E-state index contributed by atoms with van der Waals surface area (Å²) in [6.45, 7) is 0.476.